The van der Waals surface area contributed by atoms with Gasteiger partial charge in [0.05, 0.1) is 18.9 Å². The number of pyridine rings is 1. The summed E-state index contributed by atoms with van der Waals surface area (Å²) < 4.78 is 9.65. The number of ether oxygens (including phenoxy) is 2. The fourth-order valence-electron chi connectivity index (χ4n) is 1.24. The first-order valence-corrected chi connectivity index (χ1v) is 5.60. The van der Waals surface area contributed by atoms with Crippen molar-refractivity contribution in [2.45, 2.75) is 6.92 Å². The van der Waals surface area contributed by atoms with E-state index in [0.29, 0.717) is 31.3 Å². The molecular weight excluding hydrogens is 236 g/mol. The highest BCUT2D eigenvalue weighted by Gasteiger charge is 2.07. The lowest BCUT2D eigenvalue weighted by molar-refractivity contribution is 0.168. The Bertz CT molecular complexity index is 398. The van der Waals surface area contributed by atoms with Crippen molar-refractivity contribution in [3.8, 4) is 0 Å². The fourth-order valence-corrected chi connectivity index (χ4v) is 1.24. The molecule has 1 amide bonds. The summed E-state index contributed by atoms with van der Waals surface area (Å²) in [5.74, 6) is 0.851. The number of nitrogens with one attached hydrogen (secondary N) is 2. The topological polar surface area (TPSA) is 98.5 Å². The van der Waals surface area contributed by atoms with Crippen molar-refractivity contribution in [2.75, 3.05) is 43.2 Å². The lowest BCUT2D eigenvalue weighted by Crippen LogP contribution is -2.15. The number of amides is 1. The first-order chi connectivity index (χ1) is 8.67. The lowest BCUT2D eigenvalue weighted by Gasteiger charge is -2.10. The molecule has 7 heteroatoms. The molecule has 0 saturated carbocycles. The number of hydrogen-bond acceptors (Lipinski definition) is 6. The van der Waals surface area contributed by atoms with E-state index in [1.807, 2.05) is 0 Å². The summed E-state index contributed by atoms with van der Waals surface area (Å²) in [6.45, 7) is 3.23. The van der Waals surface area contributed by atoms with Crippen molar-refractivity contribution in [1.29, 1.82) is 0 Å². The zero-order valence-electron chi connectivity index (χ0n) is 10.5. The third-order valence-electron chi connectivity index (χ3n) is 2.05. The van der Waals surface area contributed by atoms with Crippen LogP contribution in [0, 0.1) is 0 Å². The largest absolute Gasteiger partial charge is 0.450 e. The molecule has 0 spiro atoms. The third-order valence-corrected chi connectivity index (χ3v) is 2.05. The summed E-state index contributed by atoms with van der Waals surface area (Å²) in [6, 6.07) is 3.38. The van der Waals surface area contributed by atoms with Crippen LogP contribution in [-0.2, 0) is 9.47 Å². The standard InChI is InChI=1S/C11H18N4O3/c1-3-18-11(16)14-8-4-5-9(15-10(8)12)13-6-7-17-2/h4-5H,3,6-7H2,1-2H3,(H,14,16)(H3,12,13,15). The molecule has 0 aliphatic carbocycles. The van der Waals surface area contributed by atoms with Crippen molar-refractivity contribution in [3.05, 3.63) is 12.1 Å². The average molecular weight is 254 g/mol. The molecule has 1 heterocycles. The molecule has 1 rings (SSSR count). The Labute approximate surface area is 106 Å². The molecule has 1 aromatic heterocycles. The molecule has 0 unspecified atom stereocenters. The summed E-state index contributed by atoms with van der Waals surface area (Å²) in [7, 11) is 1.62. The molecule has 0 radical (unpaired) electrons. The number of aromatic nitrogens is 1. The van der Waals surface area contributed by atoms with E-state index in [4.69, 9.17) is 15.2 Å². The molecule has 4 N–H and O–H groups in total. The minimum Gasteiger partial charge on any atom is -0.450 e. The minimum absolute atomic E-state index is 0.227. The van der Waals surface area contributed by atoms with Crippen LogP contribution in [0.25, 0.3) is 0 Å². The molecule has 18 heavy (non-hydrogen) atoms. The maximum Gasteiger partial charge on any atom is 0.411 e. The van der Waals surface area contributed by atoms with Crippen molar-refractivity contribution in [1.82, 2.24) is 4.98 Å². The van der Waals surface area contributed by atoms with Gasteiger partial charge in [-0.25, -0.2) is 9.78 Å². The van der Waals surface area contributed by atoms with Gasteiger partial charge in [0.1, 0.15) is 11.6 Å². The highest BCUT2D eigenvalue weighted by molar-refractivity contribution is 5.88. The van der Waals surface area contributed by atoms with E-state index in [1.54, 1.807) is 26.2 Å². The quantitative estimate of drug-likeness (QED) is 0.662. The molecule has 0 atom stereocenters. The van der Waals surface area contributed by atoms with Crippen molar-refractivity contribution in [3.63, 3.8) is 0 Å². The Morgan fingerprint density at radius 3 is 2.89 bits per heavy atom. The van der Waals surface area contributed by atoms with Gasteiger partial charge in [0.2, 0.25) is 0 Å². The molecule has 1 aromatic rings. The number of nitrogens with zero attached hydrogens (tertiary/aromatic N) is 1. The highest BCUT2D eigenvalue weighted by atomic mass is 16.5. The predicted molar refractivity (Wildman–Crippen MR) is 69.7 cm³/mol. The molecule has 100 valence electrons. The number of carbonyl (C=O) groups excluding carboxylic acids is 1. The monoisotopic (exact) mass is 254 g/mol. The van der Waals surface area contributed by atoms with E-state index < -0.39 is 6.09 Å². The Hall–Kier alpha value is -2.02. The van der Waals surface area contributed by atoms with E-state index in [9.17, 15) is 4.79 Å². The summed E-state index contributed by atoms with van der Waals surface area (Å²) in [4.78, 5) is 15.3. The fraction of sp³-hybridized carbons (Fsp3) is 0.455. The van der Waals surface area contributed by atoms with Crippen molar-refractivity contribution < 1.29 is 14.3 Å². The van der Waals surface area contributed by atoms with Gasteiger partial charge in [0, 0.05) is 13.7 Å². The summed E-state index contributed by atoms with van der Waals surface area (Å²) in [5, 5.41) is 5.54. The summed E-state index contributed by atoms with van der Waals surface area (Å²) >= 11 is 0. The zero-order chi connectivity index (χ0) is 13.4. The summed E-state index contributed by atoms with van der Waals surface area (Å²) in [6.07, 6.45) is -0.550. The maximum absolute atomic E-state index is 11.2. The molecular formula is C11H18N4O3. The van der Waals surface area contributed by atoms with Gasteiger partial charge < -0.3 is 20.5 Å². The molecule has 0 aliphatic heterocycles. The predicted octanol–water partition coefficient (Wildman–Crippen LogP) is 1.29. The second kappa shape index (κ2) is 7.33. The number of anilines is 3. The maximum atomic E-state index is 11.2. The van der Waals surface area contributed by atoms with E-state index in [0.717, 1.165) is 0 Å². The van der Waals surface area contributed by atoms with E-state index in [-0.39, 0.29) is 5.82 Å². The van der Waals surface area contributed by atoms with Gasteiger partial charge in [-0.2, -0.15) is 0 Å². The van der Waals surface area contributed by atoms with Crippen molar-refractivity contribution >= 4 is 23.4 Å². The molecule has 0 saturated heterocycles. The van der Waals surface area contributed by atoms with E-state index in [2.05, 4.69) is 15.6 Å². The normalized spacial score (nSPS) is 9.89. The molecule has 7 nitrogen and oxygen atoms in total. The van der Waals surface area contributed by atoms with Gasteiger partial charge >= 0.3 is 6.09 Å². The molecule has 0 aliphatic rings. The number of carbonyl (C=O) groups is 1. The molecule has 0 aromatic carbocycles. The van der Waals surface area contributed by atoms with Gasteiger partial charge in [0.15, 0.2) is 0 Å². The average Bonchev–Trinajstić information content (AvgIpc) is 2.33. The van der Waals surface area contributed by atoms with Crippen LogP contribution in [0.5, 0.6) is 0 Å². The number of rotatable bonds is 6. The number of hydrogen-bond donors (Lipinski definition) is 3. The van der Waals surface area contributed by atoms with Gasteiger partial charge in [-0.3, -0.25) is 5.32 Å². The first kappa shape index (κ1) is 14.0. The van der Waals surface area contributed by atoms with Crippen LogP contribution in [-0.4, -0.2) is 37.9 Å². The number of methoxy groups -OCH3 is 1. The SMILES string of the molecule is CCOC(=O)Nc1ccc(NCCOC)nc1N. The smallest absolute Gasteiger partial charge is 0.411 e. The Morgan fingerprint density at radius 2 is 2.28 bits per heavy atom. The van der Waals surface area contributed by atoms with Crippen LogP contribution in [0.1, 0.15) is 6.92 Å². The second-order valence-electron chi connectivity index (χ2n) is 3.39. The van der Waals surface area contributed by atoms with Gasteiger partial charge in [-0.1, -0.05) is 0 Å². The van der Waals surface area contributed by atoms with E-state index >= 15 is 0 Å². The Morgan fingerprint density at radius 1 is 1.50 bits per heavy atom. The highest BCUT2D eigenvalue weighted by Crippen LogP contribution is 2.18. The Kier molecular flexibility index (Phi) is 5.72. The molecule has 0 fully saturated rings. The van der Waals surface area contributed by atoms with Gasteiger partial charge in [-0.15, -0.1) is 0 Å². The van der Waals surface area contributed by atoms with Gasteiger partial charge in [-0.05, 0) is 19.1 Å². The van der Waals surface area contributed by atoms with Crippen LogP contribution in [0.15, 0.2) is 12.1 Å². The minimum atomic E-state index is -0.550. The first-order valence-electron chi connectivity index (χ1n) is 5.60. The molecule has 0 bridgehead atoms. The Balaban J connectivity index is 2.59. The van der Waals surface area contributed by atoms with Crippen LogP contribution < -0.4 is 16.4 Å². The van der Waals surface area contributed by atoms with Crippen LogP contribution >= 0.6 is 0 Å². The van der Waals surface area contributed by atoms with Crippen molar-refractivity contribution in [2.24, 2.45) is 0 Å². The number of nitrogens with two attached hydrogens (primary N) is 1. The zero-order valence-corrected chi connectivity index (χ0v) is 10.5. The van der Waals surface area contributed by atoms with E-state index in [1.165, 1.54) is 0 Å². The third kappa shape index (κ3) is 4.46. The lowest BCUT2D eigenvalue weighted by atomic mass is 10.3. The van der Waals surface area contributed by atoms with Crippen LogP contribution in [0.4, 0.5) is 22.1 Å². The number of nitrogen functional groups attached to an aromatic ring is 1. The summed E-state index contributed by atoms with van der Waals surface area (Å²) in [5.41, 5.74) is 6.14. The second-order valence-corrected chi connectivity index (χ2v) is 3.39. The van der Waals surface area contributed by atoms with Crippen LogP contribution in [0.3, 0.4) is 0 Å². The van der Waals surface area contributed by atoms with Crippen LogP contribution in [0.2, 0.25) is 0 Å². The van der Waals surface area contributed by atoms with Gasteiger partial charge in [0.25, 0.3) is 0 Å².